The maximum absolute atomic E-state index is 13.8. The summed E-state index contributed by atoms with van der Waals surface area (Å²) in [7, 11) is 0. The Morgan fingerprint density at radius 2 is 2.28 bits per heavy atom. The highest BCUT2D eigenvalue weighted by Crippen LogP contribution is 2.31. The van der Waals surface area contributed by atoms with E-state index in [2.05, 4.69) is 5.10 Å². The summed E-state index contributed by atoms with van der Waals surface area (Å²) in [6.07, 6.45) is 6.07. The van der Waals surface area contributed by atoms with Gasteiger partial charge in [0.15, 0.2) is 0 Å². The molecule has 0 unspecified atom stereocenters. The van der Waals surface area contributed by atoms with Crippen LogP contribution in [0.25, 0.3) is 11.1 Å². The minimum atomic E-state index is -0.375. The fourth-order valence-electron chi connectivity index (χ4n) is 1.99. The van der Waals surface area contributed by atoms with Crippen LogP contribution in [0.5, 0.6) is 0 Å². The number of nitriles is 1. The van der Waals surface area contributed by atoms with E-state index < -0.39 is 0 Å². The molecule has 1 aromatic carbocycles. The smallest absolute Gasteiger partial charge is 0.132 e. The van der Waals surface area contributed by atoms with E-state index in [1.54, 1.807) is 18.3 Å². The number of hydrogen-bond acceptors (Lipinski definition) is 2. The van der Waals surface area contributed by atoms with Gasteiger partial charge < -0.3 is 0 Å². The van der Waals surface area contributed by atoms with Gasteiger partial charge in [-0.15, -0.1) is 0 Å². The number of halogens is 1. The molecule has 3 rings (SSSR count). The number of rotatable bonds is 3. The molecule has 0 spiro atoms. The molecule has 0 atom stereocenters. The van der Waals surface area contributed by atoms with Crippen molar-refractivity contribution in [3.8, 4) is 17.2 Å². The van der Waals surface area contributed by atoms with Crippen LogP contribution in [0.1, 0.15) is 18.4 Å². The van der Waals surface area contributed by atoms with E-state index in [1.165, 1.54) is 18.9 Å². The zero-order valence-electron chi connectivity index (χ0n) is 9.81. The van der Waals surface area contributed by atoms with Crippen molar-refractivity contribution < 1.29 is 4.39 Å². The summed E-state index contributed by atoms with van der Waals surface area (Å²) in [5, 5.41) is 12.9. The summed E-state index contributed by atoms with van der Waals surface area (Å²) in [6.45, 7) is 0.915. The normalized spacial score (nSPS) is 14.4. The molecule has 1 aliphatic carbocycles. The topological polar surface area (TPSA) is 41.6 Å². The summed E-state index contributed by atoms with van der Waals surface area (Å²) < 4.78 is 15.7. The van der Waals surface area contributed by atoms with Gasteiger partial charge in [0.05, 0.1) is 17.8 Å². The molecular weight excluding hydrogens is 229 g/mol. The summed E-state index contributed by atoms with van der Waals surface area (Å²) in [5.41, 5.74) is 1.59. The lowest BCUT2D eigenvalue weighted by Crippen LogP contribution is -1.99. The van der Waals surface area contributed by atoms with Crippen molar-refractivity contribution in [1.29, 1.82) is 5.26 Å². The second-order valence-corrected chi connectivity index (χ2v) is 4.70. The monoisotopic (exact) mass is 241 g/mol. The third kappa shape index (κ3) is 2.12. The summed E-state index contributed by atoms with van der Waals surface area (Å²) >= 11 is 0. The average molecular weight is 241 g/mol. The Morgan fingerprint density at radius 1 is 1.44 bits per heavy atom. The first-order valence-corrected chi connectivity index (χ1v) is 5.99. The Kier molecular flexibility index (Phi) is 2.60. The van der Waals surface area contributed by atoms with Crippen molar-refractivity contribution >= 4 is 0 Å². The Hall–Kier alpha value is -2.15. The molecule has 0 radical (unpaired) electrons. The maximum Gasteiger partial charge on any atom is 0.132 e. The predicted molar refractivity (Wildman–Crippen MR) is 65.1 cm³/mol. The summed E-state index contributed by atoms with van der Waals surface area (Å²) in [5.74, 6) is 0.364. The molecule has 0 aliphatic heterocycles. The lowest BCUT2D eigenvalue weighted by molar-refractivity contribution is 0.563. The first-order valence-electron chi connectivity index (χ1n) is 5.99. The number of benzene rings is 1. The van der Waals surface area contributed by atoms with Crippen LogP contribution in [-0.2, 0) is 6.54 Å². The summed E-state index contributed by atoms with van der Waals surface area (Å²) in [6, 6.07) is 6.44. The van der Waals surface area contributed by atoms with Crippen LogP contribution in [-0.4, -0.2) is 9.78 Å². The van der Waals surface area contributed by atoms with E-state index in [0.717, 1.165) is 18.0 Å². The van der Waals surface area contributed by atoms with E-state index in [9.17, 15) is 4.39 Å². The van der Waals surface area contributed by atoms with Gasteiger partial charge in [-0.1, -0.05) is 6.07 Å². The third-order valence-corrected chi connectivity index (χ3v) is 3.18. The number of aromatic nitrogens is 2. The Balaban J connectivity index is 1.89. The zero-order chi connectivity index (χ0) is 12.5. The van der Waals surface area contributed by atoms with E-state index in [0.29, 0.717) is 11.1 Å². The van der Waals surface area contributed by atoms with Crippen molar-refractivity contribution in [1.82, 2.24) is 9.78 Å². The van der Waals surface area contributed by atoms with Crippen molar-refractivity contribution in [2.24, 2.45) is 5.92 Å². The van der Waals surface area contributed by atoms with E-state index in [1.807, 2.05) is 16.9 Å². The second-order valence-electron chi connectivity index (χ2n) is 4.70. The van der Waals surface area contributed by atoms with Crippen LogP contribution in [0.2, 0.25) is 0 Å². The fraction of sp³-hybridized carbons (Fsp3) is 0.286. The predicted octanol–water partition coefficient (Wildman–Crippen LogP) is 2.97. The van der Waals surface area contributed by atoms with E-state index >= 15 is 0 Å². The van der Waals surface area contributed by atoms with Crippen molar-refractivity contribution in [2.45, 2.75) is 19.4 Å². The number of nitrogens with zero attached hydrogens (tertiary/aromatic N) is 3. The van der Waals surface area contributed by atoms with Gasteiger partial charge in [-0.25, -0.2) is 4.39 Å². The minimum Gasteiger partial charge on any atom is -0.272 e. The van der Waals surface area contributed by atoms with Crippen LogP contribution in [0.4, 0.5) is 4.39 Å². The van der Waals surface area contributed by atoms with Crippen LogP contribution in [0.15, 0.2) is 30.6 Å². The van der Waals surface area contributed by atoms with E-state index in [4.69, 9.17) is 5.26 Å². The summed E-state index contributed by atoms with van der Waals surface area (Å²) in [4.78, 5) is 0. The lowest BCUT2D eigenvalue weighted by atomic mass is 10.1. The van der Waals surface area contributed by atoms with Crippen LogP contribution < -0.4 is 0 Å². The third-order valence-electron chi connectivity index (χ3n) is 3.18. The SMILES string of the molecule is N#Cc1ccc(-c2cnn(CC3CC3)c2)c(F)c1. The van der Waals surface area contributed by atoms with Crippen LogP contribution >= 0.6 is 0 Å². The molecule has 1 aliphatic rings. The molecule has 3 nitrogen and oxygen atoms in total. The first-order chi connectivity index (χ1) is 8.76. The fourth-order valence-corrected chi connectivity index (χ4v) is 1.99. The van der Waals surface area contributed by atoms with Gasteiger partial charge in [0, 0.05) is 23.9 Å². The van der Waals surface area contributed by atoms with Gasteiger partial charge in [0.1, 0.15) is 5.82 Å². The molecule has 0 saturated heterocycles. The van der Waals surface area contributed by atoms with Gasteiger partial charge >= 0.3 is 0 Å². The van der Waals surface area contributed by atoms with Crippen LogP contribution in [0, 0.1) is 23.1 Å². The molecule has 1 saturated carbocycles. The highest BCUT2D eigenvalue weighted by Gasteiger charge is 2.22. The first kappa shape index (κ1) is 11.0. The molecule has 0 amide bonds. The second kappa shape index (κ2) is 4.26. The standard InChI is InChI=1S/C14H12FN3/c15-14-5-11(6-16)3-4-13(14)12-7-17-18(9-12)8-10-1-2-10/h3-5,7,9-10H,1-2,8H2. The molecule has 1 heterocycles. The van der Waals surface area contributed by atoms with Gasteiger partial charge in [-0.2, -0.15) is 10.4 Å². The highest BCUT2D eigenvalue weighted by molar-refractivity contribution is 5.63. The molecule has 2 aromatic rings. The molecule has 0 N–H and O–H groups in total. The zero-order valence-corrected chi connectivity index (χ0v) is 9.81. The minimum absolute atomic E-state index is 0.335. The van der Waals surface area contributed by atoms with Gasteiger partial charge in [-0.3, -0.25) is 4.68 Å². The Bertz CT molecular complexity index is 620. The maximum atomic E-state index is 13.8. The Morgan fingerprint density at radius 3 is 2.94 bits per heavy atom. The molecule has 1 fully saturated rings. The molecule has 1 aromatic heterocycles. The quantitative estimate of drug-likeness (QED) is 0.829. The van der Waals surface area contributed by atoms with E-state index in [-0.39, 0.29) is 5.82 Å². The molecule has 0 bridgehead atoms. The Labute approximate surface area is 104 Å². The molecule has 90 valence electrons. The van der Waals surface area contributed by atoms with Gasteiger partial charge in [-0.05, 0) is 30.9 Å². The van der Waals surface area contributed by atoms with Crippen LogP contribution in [0.3, 0.4) is 0 Å². The van der Waals surface area contributed by atoms with Gasteiger partial charge in [0.25, 0.3) is 0 Å². The molecule has 4 heteroatoms. The van der Waals surface area contributed by atoms with Crippen molar-refractivity contribution in [3.05, 3.63) is 42.0 Å². The average Bonchev–Trinajstić information content (AvgIpc) is 3.06. The lowest BCUT2D eigenvalue weighted by Gasteiger charge is -2.00. The number of hydrogen-bond donors (Lipinski definition) is 0. The largest absolute Gasteiger partial charge is 0.272 e. The molecular formula is C14H12FN3. The van der Waals surface area contributed by atoms with Crippen molar-refractivity contribution in [3.63, 3.8) is 0 Å². The highest BCUT2D eigenvalue weighted by atomic mass is 19.1. The van der Waals surface area contributed by atoms with Gasteiger partial charge in [0.2, 0.25) is 0 Å². The molecule has 18 heavy (non-hydrogen) atoms. The van der Waals surface area contributed by atoms with Crippen molar-refractivity contribution in [2.75, 3.05) is 0 Å².